The van der Waals surface area contributed by atoms with E-state index in [9.17, 15) is 10.2 Å². The van der Waals surface area contributed by atoms with Crippen molar-refractivity contribution in [3.05, 3.63) is 58.7 Å². The summed E-state index contributed by atoms with van der Waals surface area (Å²) in [5.74, 6) is 6.72. The first-order chi connectivity index (χ1) is 16.2. The number of ether oxygens (including phenoxy) is 1. The number of halogens is 1. The predicted octanol–water partition coefficient (Wildman–Crippen LogP) is 5.51. The molecule has 3 unspecified atom stereocenters. The molecule has 1 spiro atoms. The van der Waals surface area contributed by atoms with Crippen molar-refractivity contribution < 1.29 is 20.1 Å². The second-order valence-corrected chi connectivity index (χ2v) is 11.4. The first kappa shape index (κ1) is 29.0. The van der Waals surface area contributed by atoms with Crippen LogP contribution in [0.25, 0.3) is 0 Å². The Hall–Kier alpha value is -1.26. The molecule has 2 aliphatic heterocycles. The minimum atomic E-state index is -0.519. The van der Waals surface area contributed by atoms with Gasteiger partial charge in [-0.05, 0) is 43.4 Å². The van der Waals surface area contributed by atoms with E-state index in [0.29, 0.717) is 25.4 Å². The number of hydrogen-bond donors (Lipinski definition) is 3. The van der Waals surface area contributed by atoms with Crippen molar-refractivity contribution in [1.82, 2.24) is 0 Å². The highest BCUT2D eigenvalue weighted by atomic mass is 35.5. The van der Waals surface area contributed by atoms with Gasteiger partial charge in [-0.2, -0.15) is 0 Å². The van der Waals surface area contributed by atoms with Gasteiger partial charge in [0.2, 0.25) is 0 Å². The number of allylic oxidation sites excluding steroid dienone is 8. The Kier molecular flexibility index (Phi) is 11.2. The summed E-state index contributed by atoms with van der Waals surface area (Å²) in [6.45, 7) is 10.7. The molecule has 4 atom stereocenters. The molecule has 0 saturated carbocycles. The standard InChI is InChI=1S/C27H35ClO3S.CH4O/c1-5-8-20(12-11-19(2)3)9-6-7-10-21-15-26(4)22(13-25(21)28)18-31-27(26)16-23(30)14-24(17-29)32-27;1-2/h5-6,8-9,13,19,23-24,29-30H,1,7,10,14-18H2,2-4H3;2H,1H3/b9-6-,20-8+;/t23?,24?,26?,27-;/m1./s1. The molecule has 0 amide bonds. The normalized spacial score (nSPS) is 31.1. The number of aliphatic hydroxyl groups excluding tert-OH is 3. The van der Waals surface area contributed by atoms with Crippen molar-refractivity contribution in [3.8, 4) is 11.8 Å². The van der Waals surface area contributed by atoms with Gasteiger partial charge in [-0.25, -0.2) is 0 Å². The molecular weight excluding hydrogens is 468 g/mol. The number of rotatable bonds is 6. The van der Waals surface area contributed by atoms with Crippen molar-refractivity contribution in [2.75, 3.05) is 20.3 Å². The number of aliphatic hydroxyl groups is 3. The summed E-state index contributed by atoms with van der Waals surface area (Å²) >= 11 is 8.37. The van der Waals surface area contributed by atoms with Crippen LogP contribution in [-0.2, 0) is 4.74 Å². The van der Waals surface area contributed by atoms with Gasteiger partial charge in [0.15, 0.2) is 0 Å². The molecule has 6 heteroatoms. The average molecular weight is 507 g/mol. The van der Waals surface area contributed by atoms with Gasteiger partial charge in [0.05, 0.1) is 19.3 Å². The molecule has 0 bridgehead atoms. The fourth-order valence-corrected chi connectivity index (χ4v) is 6.87. The lowest BCUT2D eigenvalue weighted by Gasteiger charge is -2.49. The smallest absolute Gasteiger partial charge is 0.126 e. The van der Waals surface area contributed by atoms with Crippen LogP contribution in [0.2, 0.25) is 0 Å². The molecule has 0 aromatic heterocycles. The van der Waals surface area contributed by atoms with E-state index < -0.39 is 11.0 Å². The third-order valence-corrected chi connectivity index (χ3v) is 8.70. The van der Waals surface area contributed by atoms with Gasteiger partial charge in [0, 0.05) is 40.7 Å². The summed E-state index contributed by atoms with van der Waals surface area (Å²) in [4.78, 5) is -0.519. The van der Waals surface area contributed by atoms with Crippen LogP contribution < -0.4 is 0 Å². The van der Waals surface area contributed by atoms with Crippen LogP contribution in [0.4, 0.5) is 0 Å². The van der Waals surface area contributed by atoms with Crippen LogP contribution in [0.5, 0.6) is 0 Å². The summed E-state index contributed by atoms with van der Waals surface area (Å²) in [5.41, 5.74) is 3.13. The van der Waals surface area contributed by atoms with Crippen molar-refractivity contribution in [1.29, 1.82) is 0 Å². The van der Waals surface area contributed by atoms with Crippen molar-refractivity contribution in [2.45, 2.75) is 69.2 Å². The van der Waals surface area contributed by atoms with Gasteiger partial charge in [0.25, 0.3) is 0 Å². The van der Waals surface area contributed by atoms with E-state index in [1.165, 1.54) is 11.1 Å². The zero-order chi connectivity index (χ0) is 25.4. The Morgan fingerprint density at radius 3 is 2.79 bits per heavy atom. The predicted molar refractivity (Wildman–Crippen MR) is 143 cm³/mol. The van der Waals surface area contributed by atoms with Gasteiger partial charge in [-0.1, -0.05) is 74.6 Å². The summed E-state index contributed by atoms with van der Waals surface area (Å²) in [6, 6.07) is 0. The van der Waals surface area contributed by atoms with Crippen LogP contribution in [0.15, 0.2) is 58.7 Å². The van der Waals surface area contributed by atoms with E-state index in [-0.39, 0.29) is 17.3 Å². The Labute approximate surface area is 214 Å². The minimum absolute atomic E-state index is 0.00953. The highest BCUT2D eigenvalue weighted by Crippen LogP contribution is 2.63. The number of hydrogen-bond acceptors (Lipinski definition) is 5. The second kappa shape index (κ2) is 13.2. The molecular formula is C28H39ClO4S. The molecule has 2 heterocycles. The second-order valence-electron chi connectivity index (χ2n) is 9.41. The van der Waals surface area contributed by atoms with Crippen LogP contribution in [0.1, 0.15) is 52.9 Å². The molecule has 3 aliphatic rings. The summed E-state index contributed by atoms with van der Waals surface area (Å²) < 4.78 is 6.35. The molecule has 0 aromatic carbocycles. The average Bonchev–Trinajstić information content (AvgIpc) is 3.06. The summed E-state index contributed by atoms with van der Waals surface area (Å²) in [6.07, 6.45) is 13.2. The topological polar surface area (TPSA) is 69.9 Å². The van der Waals surface area contributed by atoms with Gasteiger partial charge in [-0.3, -0.25) is 0 Å². The fourth-order valence-electron chi connectivity index (χ4n) is 4.76. The van der Waals surface area contributed by atoms with Crippen LogP contribution >= 0.6 is 23.4 Å². The molecule has 1 aliphatic carbocycles. The van der Waals surface area contributed by atoms with E-state index in [4.69, 9.17) is 21.4 Å². The highest BCUT2D eigenvalue weighted by Gasteiger charge is 2.60. The summed E-state index contributed by atoms with van der Waals surface area (Å²) in [7, 11) is 1.00. The van der Waals surface area contributed by atoms with E-state index >= 15 is 0 Å². The van der Waals surface area contributed by atoms with E-state index in [0.717, 1.165) is 37.0 Å². The Morgan fingerprint density at radius 2 is 2.15 bits per heavy atom. The van der Waals surface area contributed by atoms with Crippen LogP contribution in [-0.4, -0.2) is 51.9 Å². The zero-order valence-corrected chi connectivity index (χ0v) is 22.4. The molecule has 0 aromatic rings. The van der Waals surface area contributed by atoms with Crippen LogP contribution in [0, 0.1) is 23.2 Å². The zero-order valence-electron chi connectivity index (χ0n) is 20.8. The van der Waals surface area contributed by atoms with Crippen LogP contribution in [0.3, 0.4) is 0 Å². The van der Waals surface area contributed by atoms with E-state index in [1.807, 2.05) is 6.08 Å². The molecule has 2 fully saturated rings. The monoisotopic (exact) mass is 506 g/mol. The highest BCUT2D eigenvalue weighted by molar-refractivity contribution is 8.01. The molecule has 4 nitrogen and oxygen atoms in total. The van der Waals surface area contributed by atoms with Gasteiger partial charge >= 0.3 is 0 Å². The first-order valence-corrected chi connectivity index (χ1v) is 13.1. The Bertz CT molecular complexity index is 907. The third kappa shape index (κ3) is 6.69. The fraction of sp³-hybridized carbons (Fsp3) is 0.571. The number of thioether (sulfide) groups is 1. The molecule has 3 rings (SSSR count). The third-order valence-electron chi connectivity index (χ3n) is 6.53. The lowest BCUT2D eigenvalue weighted by molar-refractivity contribution is -0.0266. The molecule has 188 valence electrons. The number of fused-ring (bicyclic) bond motifs is 2. The largest absolute Gasteiger partial charge is 0.400 e. The lowest BCUT2D eigenvalue weighted by Crippen LogP contribution is -2.49. The van der Waals surface area contributed by atoms with Gasteiger partial charge in [-0.15, -0.1) is 11.8 Å². The first-order valence-electron chi connectivity index (χ1n) is 11.9. The molecule has 2 saturated heterocycles. The van der Waals surface area contributed by atoms with E-state index in [1.54, 1.807) is 17.8 Å². The Balaban J connectivity index is 0.00000199. The maximum absolute atomic E-state index is 10.5. The summed E-state index contributed by atoms with van der Waals surface area (Å²) in [5, 5.41) is 28.1. The maximum Gasteiger partial charge on any atom is 0.126 e. The maximum atomic E-state index is 10.5. The van der Waals surface area contributed by atoms with Crippen molar-refractivity contribution in [3.63, 3.8) is 0 Å². The van der Waals surface area contributed by atoms with Crippen molar-refractivity contribution in [2.24, 2.45) is 11.3 Å². The SMILES string of the molecule is C=C/C=C(C#CC(C)C)\C=C/CCC1=C(Cl)C=C2CO[C@@]3(CC(O)CC(CO)S3)C2(C)C1.CO. The molecule has 0 radical (unpaired) electrons. The minimum Gasteiger partial charge on any atom is -0.400 e. The quantitative estimate of drug-likeness (QED) is 0.327. The lowest BCUT2D eigenvalue weighted by atomic mass is 9.69. The van der Waals surface area contributed by atoms with Gasteiger partial charge < -0.3 is 20.1 Å². The molecule has 34 heavy (non-hydrogen) atoms. The van der Waals surface area contributed by atoms with Crippen molar-refractivity contribution >= 4 is 23.4 Å². The molecule has 3 N–H and O–H groups in total. The Morgan fingerprint density at radius 1 is 1.41 bits per heavy atom. The van der Waals surface area contributed by atoms with Gasteiger partial charge in [0.1, 0.15) is 4.93 Å². The van der Waals surface area contributed by atoms with E-state index in [2.05, 4.69) is 57.4 Å².